The van der Waals surface area contributed by atoms with Crippen LogP contribution in [0, 0.1) is 0 Å². The minimum atomic E-state index is 0.295. The number of rotatable bonds is 5. The molecule has 1 aromatic carbocycles. The summed E-state index contributed by atoms with van der Waals surface area (Å²) in [4.78, 5) is 8.54. The van der Waals surface area contributed by atoms with Crippen molar-refractivity contribution in [1.82, 2.24) is 15.3 Å². The average Bonchev–Trinajstić information content (AvgIpc) is 2.55. The summed E-state index contributed by atoms with van der Waals surface area (Å²) in [5.41, 5.74) is 3.65. The zero-order valence-electron chi connectivity index (χ0n) is 12.2. The van der Waals surface area contributed by atoms with Gasteiger partial charge < -0.3 is 5.32 Å². The second-order valence-corrected chi connectivity index (χ2v) is 5.08. The van der Waals surface area contributed by atoms with E-state index >= 15 is 0 Å². The van der Waals surface area contributed by atoms with E-state index in [0.29, 0.717) is 6.04 Å². The molecule has 3 rings (SSSR count). The van der Waals surface area contributed by atoms with Gasteiger partial charge >= 0.3 is 0 Å². The van der Waals surface area contributed by atoms with Crippen molar-refractivity contribution in [2.24, 2.45) is 0 Å². The first-order chi connectivity index (χ1) is 10.4. The van der Waals surface area contributed by atoms with Gasteiger partial charge in [0.15, 0.2) is 0 Å². The van der Waals surface area contributed by atoms with Crippen molar-refractivity contribution in [2.75, 3.05) is 6.54 Å². The number of hydrogen-bond donors (Lipinski definition) is 1. The van der Waals surface area contributed by atoms with Gasteiger partial charge in [0.25, 0.3) is 0 Å². The van der Waals surface area contributed by atoms with Crippen molar-refractivity contribution < 1.29 is 0 Å². The lowest BCUT2D eigenvalue weighted by molar-refractivity contribution is 0.550. The van der Waals surface area contributed by atoms with Gasteiger partial charge in [0.05, 0.1) is 5.52 Å². The van der Waals surface area contributed by atoms with Crippen LogP contribution in [-0.2, 0) is 6.42 Å². The van der Waals surface area contributed by atoms with Crippen LogP contribution in [-0.4, -0.2) is 16.5 Å². The van der Waals surface area contributed by atoms with Gasteiger partial charge in [-0.25, -0.2) is 0 Å². The summed E-state index contributed by atoms with van der Waals surface area (Å²) < 4.78 is 0. The Morgan fingerprint density at radius 1 is 1.00 bits per heavy atom. The van der Waals surface area contributed by atoms with Crippen LogP contribution in [0.4, 0.5) is 0 Å². The Labute approximate surface area is 125 Å². The number of pyridine rings is 2. The maximum absolute atomic E-state index is 4.44. The molecule has 0 saturated heterocycles. The highest BCUT2D eigenvalue weighted by Crippen LogP contribution is 2.23. The third-order valence-corrected chi connectivity index (χ3v) is 3.72. The largest absolute Gasteiger partial charge is 0.310 e. The second-order valence-electron chi connectivity index (χ2n) is 5.08. The van der Waals surface area contributed by atoms with Crippen molar-refractivity contribution in [3.8, 4) is 0 Å². The van der Waals surface area contributed by atoms with Crippen LogP contribution < -0.4 is 5.32 Å². The molecule has 0 aliphatic carbocycles. The molecule has 0 saturated carbocycles. The lowest BCUT2D eigenvalue weighted by Gasteiger charge is -2.19. The minimum absolute atomic E-state index is 0.295. The third kappa shape index (κ3) is 3.09. The first-order valence-corrected chi connectivity index (χ1v) is 7.34. The second kappa shape index (κ2) is 6.46. The van der Waals surface area contributed by atoms with Crippen molar-refractivity contribution in [2.45, 2.75) is 19.4 Å². The maximum atomic E-state index is 4.44. The molecule has 3 aromatic rings. The number of hydrogen-bond acceptors (Lipinski definition) is 3. The van der Waals surface area contributed by atoms with E-state index in [1.165, 1.54) is 16.5 Å². The number of nitrogens with one attached hydrogen (secondary N) is 1. The Bertz CT molecular complexity index is 704. The summed E-state index contributed by atoms with van der Waals surface area (Å²) in [5, 5.41) is 4.80. The molecular formula is C18H19N3. The SMILES string of the molecule is CCNC(Cc1ccnc2ccccc12)c1ccncc1. The summed E-state index contributed by atoms with van der Waals surface area (Å²) in [6.45, 7) is 3.08. The van der Waals surface area contributed by atoms with Gasteiger partial charge in [0, 0.05) is 30.0 Å². The molecular weight excluding hydrogens is 258 g/mol. The highest BCUT2D eigenvalue weighted by molar-refractivity contribution is 5.81. The Morgan fingerprint density at radius 3 is 2.62 bits per heavy atom. The van der Waals surface area contributed by atoms with E-state index in [0.717, 1.165) is 18.5 Å². The molecule has 21 heavy (non-hydrogen) atoms. The van der Waals surface area contributed by atoms with E-state index < -0.39 is 0 Å². The number of benzene rings is 1. The Kier molecular flexibility index (Phi) is 4.22. The molecule has 0 fully saturated rings. The predicted octanol–water partition coefficient (Wildman–Crippen LogP) is 3.52. The molecule has 1 N–H and O–H groups in total. The normalized spacial score (nSPS) is 12.4. The van der Waals surface area contributed by atoms with Gasteiger partial charge in [-0.1, -0.05) is 25.1 Å². The van der Waals surface area contributed by atoms with Gasteiger partial charge in [-0.05, 0) is 48.4 Å². The molecule has 1 unspecified atom stereocenters. The highest BCUT2D eigenvalue weighted by atomic mass is 14.9. The number of fused-ring (bicyclic) bond motifs is 1. The van der Waals surface area contributed by atoms with E-state index in [9.17, 15) is 0 Å². The zero-order chi connectivity index (χ0) is 14.5. The highest BCUT2D eigenvalue weighted by Gasteiger charge is 2.12. The number of para-hydroxylation sites is 1. The van der Waals surface area contributed by atoms with Crippen LogP contribution in [0.3, 0.4) is 0 Å². The van der Waals surface area contributed by atoms with Crippen LogP contribution in [0.1, 0.15) is 24.1 Å². The van der Waals surface area contributed by atoms with Gasteiger partial charge in [-0.3, -0.25) is 9.97 Å². The molecule has 1 atom stereocenters. The Hall–Kier alpha value is -2.26. The monoisotopic (exact) mass is 277 g/mol. The van der Waals surface area contributed by atoms with Crippen molar-refractivity contribution in [1.29, 1.82) is 0 Å². The Morgan fingerprint density at radius 2 is 1.81 bits per heavy atom. The third-order valence-electron chi connectivity index (χ3n) is 3.72. The van der Waals surface area contributed by atoms with Crippen molar-refractivity contribution in [3.63, 3.8) is 0 Å². The van der Waals surface area contributed by atoms with Crippen molar-refractivity contribution >= 4 is 10.9 Å². The number of aromatic nitrogens is 2. The fourth-order valence-corrected chi connectivity index (χ4v) is 2.70. The Balaban J connectivity index is 1.95. The van der Waals surface area contributed by atoms with Gasteiger partial charge in [0.2, 0.25) is 0 Å². The van der Waals surface area contributed by atoms with E-state index in [2.05, 4.69) is 58.6 Å². The maximum Gasteiger partial charge on any atom is 0.0704 e. The fourth-order valence-electron chi connectivity index (χ4n) is 2.70. The molecule has 0 radical (unpaired) electrons. The number of nitrogens with zero attached hydrogens (tertiary/aromatic N) is 2. The molecule has 0 bridgehead atoms. The van der Waals surface area contributed by atoms with E-state index in [4.69, 9.17) is 0 Å². The smallest absolute Gasteiger partial charge is 0.0704 e. The lowest BCUT2D eigenvalue weighted by Crippen LogP contribution is -2.23. The molecule has 0 aliphatic heterocycles. The topological polar surface area (TPSA) is 37.8 Å². The molecule has 0 aliphatic rings. The molecule has 3 heteroatoms. The van der Waals surface area contributed by atoms with Crippen LogP contribution in [0.25, 0.3) is 10.9 Å². The number of likely N-dealkylation sites (N-methyl/N-ethyl adjacent to an activating group) is 1. The fraction of sp³-hybridized carbons (Fsp3) is 0.222. The quantitative estimate of drug-likeness (QED) is 0.775. The molecule has 0 amide bonds. The first kappa shape index (κ1) is 13.7. The van der Waals surface area contributed by atoms with E-state index in [1.807, 2.05) is 24.7 Å². The van der Waals surface area contributed by atoms with E-state index in [1.54, 1.807) is 0 Å². The summed E-state index contributed by atoms with van der Waals surface area (Å²) in [7, 11) is 0. The van der Waals surface area contributed by atoms with Crippen LogP contribution >= 0.6 is 0 Å². The summed E-state index contributed by atoms with van der Waals surface area (Å²) in [5.74, 6) is 0. The van der Waals surface area contributed by atoms with Crippen molar-refractivity contribution in [3.05, 3.63) is 72.2 Å². The molecule has 2 aromatic heterocycles. The minimum Gasteiger partial charge on any atom is -0.310 e. The zero-order valence-corrected chi connectivity index (χ0v) is 12.2. The predicted molar refractivity (Wildman–Crippen MR) is 86.1 cm³/mol. The molecule has 106 valence electrons. The molecule has 0 spiro atoms. The summed E-state index contributed by atoms with van der Waals surface area (Å²) in [6.07, 6.45) is 6.54. The summed E-state index contributed by atoms with van der Waals surface area (Å²) in [6, 6.07) is 14.9. The van der Waals surface area contributed by atoms with Gasteiger partial charge in [0.1, 0.15) is 0 Å². The van der Waals surface area contributed by atoms with E-state index in [-0.39, 0.29) is 0 Å². The lowest BCUT2D eigenvalue weighted by atomic mass is 9.97. The average molecular weight is 277 g/mol. The first-order valence-electron chi connectivity index (χ1n) is 7.34. The van der Waals surface area contributed by atoms with Gasteiger partial charge in [-0.2, -0.15) is 0 Å². The van der Waals surface area contributed by atoms with Crippen LogP contribution in [0.5, 0.6) is 0 Å². The summed E-state index contributed by atoms with van der Waals surface area (Å²) >= 11 is 0. The molecule has 3 nitrogen and oxygen atoms in total. The standard InChI is InChI=1S/C18H19N3/c1-2-20-18(14-7-10-19-11-8-14)13-15-9-12-21-17-6-4-3-5-16(15)17/h3-12,18,20H,2,13H2,1H3. The molecule has 2 heterocycles. The van der Waals surface area contributed by atoms with Crippen LogP contribution in [0.2, 0.25) is 0 Å². The van der Waals surface area contributed by atoms with Crippen LogP contribution in [0.15, 0.2) is 61.1 Å². The van der Waals surface area contributed by atoms with Gasteiger partial charge in [-0.15, -0.1) is 0 Å².